The second-order valence-electron chi connectivity index (χ2n) is 3.61. The molecule has 0 radical (unpaired) electrons. The maximum atomic E-state index is 11.3. The zero-order valence-electron chi connectivity index (χ0n) is 9.27. The predicted octanol–water partition coefficient (Wildman–Crippen LogP) is 0.329. The molecule has 0 aromatic carbocycles. The highest BCUT2D eigenvalue weighted by molar-refractivity contribution is 5.88. The summed E-state index contributed by atoms with van der Waals surface area (Å²) < 4.78 is 6.42. The van der Waals surface area contributed by atoms with Gasteiger partial charge in [-0.3, -0.25) is 0 Å². The molecule has 0 aliphatic carbocycles. The summed E-state index contributed by atoms with van der Waals surface area (Å²) in [5.41, 5.74) is 1.08. The Balaban J connectivity index is 0.00000128. The molecule has 1 fully saturated rings. The number of hydrogen-bond donors (Lipinski definition) is 1. The summed E-state index contributed by atoms with van der Waals surface area (Å²) >= 11 is 0. The number of carbonyl (C=O) groups excluding carboxylic acids is 1. The molecule has 0 bridgehead atoms. The van der Waals surface area contributed by atoms with Crippen LogP contribution in [0.2, 0.25) is 0 Å². The van der Waals surface area contributed by atoms with Gasteiger partial charge in [-0.25, -0.2) is 9.48 Å². The number of rotatable bonds is 2. The molecule has 0 saturated carbocycles. The van der Waals surface area contributed by atoms with Gasteiger partial charge in [0.25, 0.3) is 0 Å². The first kappa shape index (κ1) is 12.9. The van der Waals surface area contributed by atoms with Crippen molar-refractivity contribution in [2.24, 2.45) is 0 Å². The summed E-state index contributed by atoms with van der Waals surface area (Å²) in [5.74, 6) is -0.426. The summed E-state index contributed by atoms with van der Waals surface area (Å²) in [7, 11) is 1.35. The van der Waals surface area contributed by atoms with E-state index in [-0.39, 0.29) is 12.4 Å². The average molecular weight is 247 g/mol. The second kappa shape index (κ2) is 5.27. The first-order valence-electron chi connectivity index (χ1n) is 4.95. The van der Waals surface area contributed by atoms with E-state index in [2.05, 4.69) is 20.4 Å². The van der Waals surface area contributed by atoms with E-state index in [1.54, 1.807) is 4.68 Å². The van der Waals surface area contributed by atoms with E-state index in [1.807, 2.05) is 6.92 Å². The van der Waals surface area contributed by atoms with E-state index in [0.29, 0.717) is 11.7 Å². The van der Waals surface area contributed by atoms with Crippen LogP contribution in [0.25, 0.3) is 0 Å². The lowest BCUT2D eigenvalue weighted by molar-refractivity contribution is 0.0593. The first-order chi connectivity index (χ1) is 7.24. The Morgan fingerprint density at radius 2 is 2.38 bits per heavy atom. The lowest BCUT2D eigenvalue weighted by Gasteiger charge is -2.09. The number of carbonyl (C=O) groups is 1. The van der Waals surface area contributed by atoms with Crippen LogP contribution in [-0.4, -0.2) is 41.2 Å². The van der Waals surface area contributed by atoms with Crippen LogP contribution in [-0.2, 0) is 4.74 Å². The summed E-state index contributed by atoms with van der Waals surface area (Å²) in [6.45, 7) is 3.70. The molecule has 1 unspecified atom stereocenters. The number of aromatic nitrogens is 3. The highest BCUT2D eigenvalue weighted by Crippen LogP contribution is 2.17. The molecule has 0 spiro atoms. The number of halogens is 1. The molecule has 0 amide bonds. The van der Waals surface area contributed by atoms with Gasteiger partial charge in [-0.15, -0.1) is 17.5 Å². The van der Waals surface area contributed by atoms with Crippen LogP contribution in [0.15, 0.2) is 0 Å². The van der Waals surface area contributed by atoms with E-state index >= 15 is 0 Å². The van der Waals surface area contributed by atoms with E-state index < -0.39 is 5.97 Å². The molecule has 1 atom stereocenters. The summed E-state index contributed by atoms with van der Waals surface area (Å²) in [6, 6.07) is 0.302. The fourth-order valence-electron chi connectivity index (χ4n) is 1.82. The Morgan fingerprint density at radius 1 is 1.62 bits per heavy atom. The summed E-state index contributed by atoms with van der Waals surface area (Å²) in [5, 5.41) is 11.1. The van der Waals surface area contributed by atoms with Crippen molar-refractivity contribution < 1.29 is 9.53 Å². The largest absolute Gasteiger partial charge is 0.464 e. The minimum atomic E-state index is -0.426. The highest BCUT2D eigenvalue weighted by Gasteiger charge is 2.23. The molecule has 1 aromatic rings. The fraction of sp³-hybridized carbons (Fsp3) is 0.667. The number of esters is 1. The number of nitrogens with one attached hydrogen (secondary N) is 1. The third kappa shape index (κ3) is 2.17. The average Bonchev–Trinajstić information content (AvgIpc) is 2.85. The standard InChI is InChI=1S/C9H14N4O2.ClH/c1-6-8(9(14)15-2)11-12-13(6)7-3-4-10-5-7;/h7,10H,3-5H2,1-2H3;1H. The van der Waals surface area contributed by atoms with Crippen molar-refractivity contribution in [3.8, 4) is 0 Å². The van der Waals surface area contributed by atoms with Gasteiger partial charge in [0.05, 0.1) is 18.8 Å². The molecule has 6 nitrogen and oxygen atoms in total. The molecule has 1 aliphatic heterocycles. The normalized spacial score (nSPS) is 19.2. The predicted molar refractivity (Wildman–Crippen MR) is 59.9 cm³/mol. The van der Waals surface area contributed by atoms with Gasteiger partial charge in [-0.05, 0) is 19.9 Å². The van der Waals surface area contributed by atoms with E-state index in [4.69, 9.17) is 0 Å². The molecule has 1 saturated heterocycles. The van der Waals surface area contributed by atoms with E-state index in [0.717, 1.165) is 25.2 Å². The van der Waals surface area contributed by atoms with Crippen molar-refractivity contribution in [3.05, 3.63) is 11.4 Å². The smallest absolute Gasteiger partial charge is 0.360 e. The van der Waals surface area contributed by atoms with Gasteiger partial charge in [0.2, 0.25) is 0 Å². The van der Waals surface area contributed by atoms with Crippen molar-refractivity contribution in [1.29, 1.82) is 0 Å². The van der Waals surface area contributed by atoms with Gasteiger partial charge in [0, 0.05) is 6.54 Å². The number of methoxy groups -OCH3 is 1. The second-order valence-corrected chi connectivity index (χ2v) is 3.61. The summed E-state index contributed by atoms with van der Waals surface area (Å²) in [4.78, 5) is 11.3. The molecule has 1 N–H and O–H groups in total. The van der Waals surface area contributed by atoms with Crippen LogP contribution in [0, 0.1) is 6.92 Å². The highest BCUT2D eigenvalue weighted by atomic mass is 35.5. The Hall–Kier alpha value is -1.14. The van der Waals surface area contributed by atoms with Gasteiger partial charge in [0.15, 0.2) is 5.69 Å². The van der Waals surface area contributed by atoms with E-state index in [9.17, 15) is 4.79 Å². The monoisotopic (exact) mass is 246 g/mol. The van der Waals surface area contributed by atoms with Crippen molar-refractivity contribution in [2.75, 3.05) is 20.2 Å². The fourth-order valence-corrected chi connectivity index (χ4v) is 1.82. The molecule has 1 aromatic heterocycles. The topological polar surface area (TPSA) is 69.0 Å². The minimum Gasteiger partial charge on any atom is -0.464 e. The number of nitrogens with zero attached hydrogens (tertiary/aromatic N) is 3. The zero-order valence-corrected chi connectivity index (χ0v) is 10.1. The quantitative estimate of drug-likeness (QED) is 0.762. The van der Waals surface area contributed by atoms with Crippen molar-refractivity contribution in [2.45, 2.75) is 19.4 Å². The zero-order chi connectivity index (χ0) is 10.8. The Kier molecular flexibility index (Phi) is 4.26. The number of hydrogen-bond acceptors (Lipinski definition) is 5. The summed E-state index contributed by atoms with van der Waals surface area (Å²) in [6.07, 6.45) is 1.02. The van der Waals surface area contributed by atoms with Crippen molar-refractivity contribution in [1.82, 2.24) is 20.3 Å². The number of ether oxygens (including phenoxy) is 1. The lowest BCUT2D eigenvalue weighted by atomic mass is 10.2. The van der Waals surface area contributed by atoms with E-state index in [1.165, 1.54) is 7.11 Å². The first-order valence-corrected chi connectivity index (χ1v) is 4.95. The maximum absolute atomic E-state index is 11.3. The molecule has 90 valence electrons. The van der Waals surface area contributed by atoms with Crippen LogP contribution in [0.4, 0.5) is 0 Å². The Morgan fingerprint density at radius 3 is 2.94 bits per heavy atom. The Labute approximate surface area is 99.8 Å². The molecule has 1 aliphatic rings. The SMILES string of the molecule is COC(=O)c1nnn(C2CCNC2)c1C.Cl. The van der Waals surface area contributed by atoms with Gasteiger partial charge in [-0.1, -0.05) is 5.21 Å². The third-order valence-electron chi connectivity index (χ3n) is 2.69. The molecule has 7 heteroatoms. The molecular weight excluding hydrogens is 232 g/mol. The van der Waals surface area contributed by atoms with Crippen LogP contribution in [0.5, 0.6) is 0 Å². The van der Waals surface area contributed by atoms with Crippen molar-refractivity contribution >= 4 is 18.4 Å². The van der Waals surface area contributed by atoms with Crippen LogP contribution < -0.4 is 5.32 Å². The molecular formula is C9H15ClN4O2. The van der Waals surface area contributed by atoms with Crippen LogP contribution in [0.3, 0.4) is 0 Å². The van der Waals surface area contributed by atoms with Crippen LogP contribution in [0.1, 0.15) is 28.6 Å². The van der Waals surface area contributed by atoms with Crippen molar-refractivity contribution in [3.63, 3.8) is 0 Å². The van der Waals surface area contributed by atoms with Gasteiger partial charge in [-0.2, -0.15) is 0 Å². The Bertz CT molecular complexity index is 374. The van der Waals surface area contributed by atoms with Crippen LogP contribution >= 0.6 is 12.4 Å². The van der Waals surface area contributed by atoms with Gasteiger partial charge >= 0.3 is 5.97 Å². The van der Waals surface area contributed by atoms with Gasteiger partial charge in [0.1, 0.15) is 0 Å². The molecule has 2 heterocycles. The maximum Gasteiger partial charge on any atom is 0.360 e. The molecule has 16 heavy (non-hydrogen) atoms. The molecule has 2 rings (SSSR count). The third-order valence-corrected chi connectivity index (χ3v) is 2.69. The minimum absolute atomic E-state index is 0. The lowest BCUT2D eigenvalue weighted by Crippen LogP contribution is -2.16. The van der Waals surface area contributed by atoms with Gasteiger partial charge < -0.3 is 10.1 Å².